The predicted octanol–water partition coefficient (Wildman–Crippen LogP) is 4.04. The van der Waals surface area contributed by atoms with Gasteiger partial charge in [-0.2, -0.15) is 0 Å². The summed E-state index contributed by atoms with van der Waals surface area (Å²) in [5.41, 5.74) is 0.577. The number of hydrogen-bond acceptors (Lipinski definition) is 2. The highest BCUT2D eigenvalue weighted by Crippen LogP contribution is 2.28. The Morgan fingerprint density at radius 2 is 2.15 bits per heavy atom. The molecule has 0 saturated carbocycles. The van der Waals surface area contributed by atoms with E-state index in [-0.39, 0.29) is 17.4 Å². The highest BCUT2D eigenvalue weighted by atomic mass is 35.5. The van der Waals surface area contributed by atoms with Crippen LogP contribution in [0.5, 0.6) is 0 Å². The van der Waals surface area contributed by atoms with Gasteiger partial charge in [0.2, 0.25) is 0 Å². The van der Waals surface area contributed by atoms with E-state index in [2.05, 4.69) is 4.98 Å². The van der Waals surface area contributed by atoms with E-state index in [9.17, 15) is 8.78 Å². The van der Waals surface area contributed by atoms with Crippen LogP contribution in [-0.2, 0) is 10.6 Å². The van der Waals surface area contributed by atoms with E-state index in [0.717, 1.165) is 18.9 Å². The van der Waals surface area contributed by atoms with Gasteiger partial charge >= 0.3 is 0 Å². The molecule has 0 fully saturated rings. The number of hydrogen-bond donors (Lipinski definition) is 0. The van der Waals surface area contributed by atoms with Crippen molar-refractivity contribution in [3.63, 3.8) is 0 Å². The molecular weight excluding hydrogens is 286 g/mol. The Bertz CT molecular complexity index is 594. The molecule has 3 nitrogen and oxygen atoms in total. The zero-order valence-corrected chi connectivity index (χ0v) is 12.3. The minimum atomic E-state index is -0.886. The third-order valence-electron chi connectivity index (χ3n) is 3.28. The van der Waals surface area contributed by atoms with Gasteiger partial charge in [-0.3, -0.25) is 0 Å². The smallest absolute Gasteiger partial charge is 0.184 e. The number of methoxy groups -OCH3 is 1. The van der Waals surface area contributed by atoms with Crippen molar-refractivity contribution >= 4 is 22.6 Å². The fourth-order valence-electron chi connectivity index (χ4n) is 2.47. The molecule has 2 rings (SSSR count). The summed E-state index contributed by atoms with van der Waals surface area (Å²) in [4.78, 5) is 4.29. The van der Waals surface area contributed by atoms with E-state index >= 15 is 0 Å². The summed E-state index contributed by atoms with van der Waals surface area (Å²) < 4.78 is 34.5. The van der Waals surface area contributed by atoms with Crippen molar-refractivity contribution in [1.82, 2.24) is 9.55 Å². The van der Waals surface area contributed by atoms with Gasteiger partial charge < -0.3 is 9.30 Å². The highest BCUT2D eigenvalue weighted by Gasteiger charge is 2.22. The van der Waals surface area contributed by atoms with Crippen molar-refractivity contribution in [2.75, 3.05) is 13.7 Å². The van der Waals surface area contributed by atoms with Crippen LogP contribution in [0.1, 0.15) is 31.6 Å². The molecule has 20 heavy (non-hydrogen) atoms. The molecule has 0 spiro atoms. The third kappa shape index (κ3) is 2.65. The van der Waals surface area contributed by atoms with Gasteiger partial charge in [-0.25, -0.2) is 13.8 Å². The summed E-state index contributed by atoms with van der Waals surface area (Å²) in [5.74, 6) is -1.10. The molecule has 1 atom stereocenters. The van der Waals surface area contributed by atoms with Crippen LogP contribution >= 0.6 is 11.6 Å². The Kier molecular flexibility index (Phi) is 4.94. The molecule has 0 N–H and O–H groups in total. The van der Waals surface area contributed by atoms with E-state index in [0.29, 0.717) is 17.9 Å². The maximum absolute atomic E-state index is 14.1. The van der Waals surface area contributed by atoms with Gasteiger partial charge in [0.25, 0.3) is 0 Å². The van der Waals surface area contributed by atoms with Gasteiger partial charge in [0.1, 0.15) is 11.3 Å². The van der Waals surface area contributed by atoms with Crippen molar-refractivity contribution in [1.29, 1.82) is 0 Å². The van der Waals surface area contributed by atoms with E-state index in [1.54, 1.807) is 11.7 Å². The van der Waals surface area contributed by atoms with Crippen LogP contribution in [0.3, 0.4) is 0 Å². The summed E-state index contributed by atoms with van der Waals surface area (Å²) in [6, 6.07) is 2.44. The summed E-state index contributed by atoms with van der Waals surface area (Å²) in [7, 11) is 1.58. The SMILES string of the molecule is CCCC(COC)n1c(CCl)nc2ccc(F)c(F)c21. The number of benzene rings is 1. The molecule has 1 heterocycles. The molecule has 0 amide bonds. The predicted molar refractivity (Wildman–Crippen MR) is 75.0 cm³/mol. The third-order valence-corrected chi connectivity index (χ3v) is 3.52. The van der Waals surface area contributed by atoms with E-state index in [1.807, 2.05) is 6.92 Å². The Balaban J connectivity index is 2.67. The zero-order chi connectivity index (χ0) is 14.7. The van der Waals surface area contributed by atoms with Crippen LogP contribution in [-0.4, -0.2) is 23.3 Å². The second-order valence-electron chi connectivity index (χ2n) is 4.66. The summed E-state index contributed by atoms with van der Waals surface area (Å²) >= 11 is 5.90. The molecule has 0 saturated heterocycles. The average molecular weight is 303 g/mol. The molecule has 6 heteroatoms. The van der Waals surface area contributed by atoms with E-state index < -0.39 is 11.6 Å². The van der Waals surface area contributed by atoms with Crippen LogP contribution < -0.4 is 0 Å². The van der Waals surface area contributed by atoms with Gasteiger partial charge in [0.05, 0.1) is 24.0 Å². The molecule has 0 bridgehead atoms. The Hall–Kier alpha value is -1.20. The highest BCUT2D eigenvalue weighted by molar-refractivity contribution is 6.16. The summed E-state index contributed by atoms with van der Waals surface area (Å²) in [5, 5.41) is 0. The standard InChI is InChI=1S/C14H17ClF2N2O/c1-3-4-9(8-20-2)19-12(7-15)18-11-6-5-10(16)13(17)14(11)19/h5-6,9H,3-4,7-8H2,1-2H3. The fourth-order valence-corrected chi connectivity index (χ4v) is 2.66. The van der Waals surface area contributed by atoms with E-state index in [4.69, 9.17) is 16.3 Å². The largest absolute Gasteiger partial charge is 0.383 e. The molecule has 1 aromatic carbocycles. The van der Waals surface area contributed by atoms with Crippen molar-refractivity contribution in [3.05, 3.63) is 29.6 Å². The first-order valence-corrected chi connectivity index (χ1v) is 7.07. The first kappa shape index (κ1) is 15.2. The van der Waals surface area contributed by atoms with Crippen LogP contribution in [0.15, 0.2) is 12.1 Å². The molecule has 110 valence electrons. The van der Waals surface area contributed by atoms with Crippen molar-refractivity contribution in [2.24, 2.45) is 0 Å². The molecule has 0 aliphatic rings. The lowest BCUT2D eigenvalue weighted by Crippen LogP contribution is -2.17. The molecule has 1 unspecified atom stereocenters. The number of alkyl halides is 1. The normalized spacial score (nSPS) is 13.1. The molecule has 0 radical (unpaired) electrons. The number of aromatic nitrogens is 2. The fraction of sp³-hybridized carbons (Fsp3) is 0.500. The number of imidazole rings is 1. The lowest BCUT2D eigenvalue weighted by molar-refractivity contribution is 0.150. The van der Waals surface area contributed by atoms with E-state index in [1.165, 1.54) is 6.07 Å². The number of ether oxygens (including phenoxy) is 1. The summed E-state index contributed by atoms with van der Waals surface area (Å²) in [6.45, 7) is 2.43. The lowest BCUT2D eigenvalue weighted by atomic mass is 10.1. The molecule has 2 aromatic rings. The molecule has 0 aliphatic carbocycles. The van der Waals surface area contributed by atoms with Crippen LogP contribution in [0.2, 0.25) is 0 Å². The minimum absolute atomic E-state index is 0.111. The minimum Gasteiger partial charge on any atom is -0.383 e. The number of halogens is 3. The maximum atomic E-state index is 14.1. The Labute approximate surface area is 121 Å². The second kappa shape index (κ2) is 6.50. The van der Waals surface area contributed by atoms with Gasteiger partial charge in [-0.1, -0.05) is 13.3 Å². The number of fused-ring (bicyclic) bond motifs is 1. The first-order chi connectivity index (χ1) is 9.63. The number of nitrogens with zero attached hydrogens (tertiary/aromatic N) is 2. The Morgan fingerprint density at radius 3 is 2.75 bits per heavy atom. The average Bonchev–Trinajstić information content (AvgIpc) is 2.82. The molecule has 0 aliphatic heterocycles. The topological polar surface area (TPSA) is 27.1 Å². The zero-order valence-electron chi connectivity index (χ0n) is 11.5. The first-order valence-electron chi connectivity index (χ1n) is 6.53. The quantitative estimate of drug-likeness (QED) is 0.753. The van der Waals surface area contributed by atoms with Crippen molar-refractivity contribution in [3.8, 4) is 0 Å². The van der Waals surface area contributed by atoms with Crippen molar-refractivity contribution in [2.45, 2.75) is 31.7 Å². The van der Waals surface area contributed by atoms with Crippen molar-refractivity contribution < 1.29 is 13.5 Å². The van der Waals surface area contributed by atoms with Gasteiger partial charge in [0.15, 0.2) is 11.6 Å². The lowest BCUT2D eigenvalue weighted by Gasteiger charge is -2.20. The van der Waals surface area contributed by atoms with Gasteiger partial charge in [0, 0.05) is 7.11 Å². The second-order valence-corrected chi connectivity index (χ2v) is 4.93. The van der Waals surface area contributed by atoms with Gasteiger partial charge in [-0.15, -0.1) is 11.6 Å². The monoisotopic (exact) mass is 302 g/mol. The number of rotatable bonds is 6. The van der Waals surface area contributed by atoms with Crippen LogP contribution in [0.25, 0.3) is 11.0 Å². The van der Waals surface area contributed by atoms with Gasteiger partial charge in [-0.05, 0) is 18.6 Å². The van der Waals surface area contributed by atoms with Crippen LogP contribution in [0, 0.1) is 11.6 Å². The maximum Gasteiger partial charge on any atom is 0.184 e. The van der Waals surface area contributed by atoms with Crippen LogP contribution in [0.4, 0.5) is 8.78 Å². The molecular formula is C14H17ClF2N2O. The molecule has 1 aromatic heterocycles. The Morgan fingerprint density at radius 1 is 1.40 bits per heavy atom. The summed E-state index contributed by atoms with van der Waals surface area (Å²) in [6.07, 6.45) is 1.67.